The highest BCUT2D eigenvalue weighted by Gasteiger charge is 2.24. The number of carbonyl (C=O) groups excluding carboxylic acids is 1. The number of hydrogen-bond acceptors (Lipinski definition) is 8. The molecular formula is C27H25NO6S. The summed E-state index contributed by atoms with van der Waals surface area (Å²) in [5.41, 5.74) is 1.54. The molecule has 7 nitrogen and oxygen atoms in total. The summed E-state index contributed by atoms with van der Waals surface area (Å²) in [5, 5.41) is 2.49. The lowest BCUT2D eigenvalue weighted by Gasteiger charge is -2.29. The van der Waals surface area contributed by atoms with E-state index < -0.39 is 0 Å². The van der Waals surface area contributed by atoms with Crippen molar-refractivity contribution in [3.63, 3.8) is 0 Å². The summed E-state index contributed by atoms with van der Waals surface area (Å²) in [6.45, 7) is 5.87. The molecule has 180 valence electrons. The average Bonchev–Trinajstić information content (AvgIpc) is 3.38. The predicted octanol–water partition coefficient (Wildman–Crippen LogP) is 5.87. The summed E-state index contributed by atoms with van der Waals surface area (Å²) in [4.78, 5) is 28.8. The summed E-state index contributed by atoms with van der Waals surface area (Å²) < 4.78 is 23.1. The molecule has 4 aromatic rings. The second kappa shape index (κ2) is 9.93. The van der Waals surface area contributed by atoms with Gasteiger partial charge in [-0.1, -0.05) is 13.0 Å². The average molecular weight is 492 g/mol. The Balaban J connectivity index is 1.41. The topological polar surface area (TPSA) is 78.2 Å². The second-order valence-corrected chi connectivity index (χ2v) is 9.37. The van der Waals surface area contributed by atoms with Gasteiger partial charge in [0.1, 0.15) is 29.6 Å². The van der Waals surface area contributed by atoms with Crippen LogP contribution < -0.4 is 14.9 Å². The molecule has 35 heavy (non-hydrogen) atoms. The van der Waals surface area contributed by atoms with Crippen molar-refractivity contribution in [2.45, 2.75) is 33.4 Å². The van der Waals surface area contributed by atoms with Crippen LogP contribution >= 0.6 is 11.3 Å². The van der Waals surface area contributed by atoms with Crippen LogP contribution in [0.5, 0.6) is 17.2 Å². The SMILES string of the molecule is CCCOC(=O)c1ccc(Oc2c(C)oc3c4c(ccc3c2=O)OCN(Cc2cccs2)C4)cc1. The molecular weight excluding hydrogens is 466 g/mol. The highest BCUT2D eigenvalue weighted by atomic mass is 32.1. The van der Waals surface area contributed by atoms with E-state index in [1.807, 2.05) is 19.1 Å². The maximum absolute atomic E-state index is 13.4. The lowest BCUT2D eigenvalue weighted by Crippen LogP contribution is -2.31. The Kier molecular flexibility index (Phi) is 6.57. The van der Waals surface area contributed by atoms with Crippen molar-refractivity contribution >= 4 is 28.3 Å². The Bertz CT molecular complexity index is 1410. The Morgan fingerprint density at radius 1 is 1.14 bits per heavy atom. The van der Waals surface area contributed by atoms with Gasteiger partial charge in [0.25, 0.3) is 0 Å². The Morgan fingerprint density at radius 2 is 1.97 bits per heavy atom. The number of nitrogens with zero attached hydrogens (tertiary/aromatic N) is 1. The molecule has 0 radical (unpaired) electrons. The smallest absolute Gasteiger partial charge is 0.338 e. The minimum Gasteiger partial charge on any atom is -0.478 e. The molecule has 0 spiro atoms. The Labute approximate surface area is 206 Å². The molecule has 1 aliphatic heterocycles. The van der Waals surface area contributed by atoms with Gasteiger partial charge in [-0.15, -0.1) is 11.3 Å². The zero-order chi connectivity index (χ0) is 24.4. The molecule has 0 atom stereocenters. The summed E-state index contributed by atoms with van der Waals surface area (Å²) in [7, 11) is 0. The molecule has 1 aliphatic rings. The fourth-order valence-corrected chi connectivity index (χ4v) is 4.75. The number of hydrogen-bond donors (Lipinski definition) is 0. The van der Waals surface area contributed by atoms with Crippen LogP contribution in [0.25, 0.3) is 11.0 Å². The van der Waals surface area contributed by atoms with Gasteiger partial charge in [-0.3, -0.25) is 9.69 Å². The highest BCUT2D eigenvalue weighted by Crippen LogP contribution is 2.34. The van der Waals surface area contributed by atoms with Crippen LogP contribution in [0.1, 0.15) is 39.9 Å². The van der Waals surface area contributed by atoms with E-state index in [0.29, 0.717) is 47.9 Å². The first-order valence-electron chi connectivity index (χ1n) is 11.5. The first kappa shape index (κ1) is 23.1. The number of aryl methyl sites for hydroxylation is 1. The van der Waals surface area contributed by atoms with E-state index in [2.05, 4.69) is 16.3 Å². The normalized spacial score (nSPS) is 13.3. The molecule has 5 rings (SSSR count). The first-order chi connectivity index (χ1) is 17.0. The van der Waals surface area contributed by atoms with Crippen molar-refractivity contribution in [3.8, 4) is 17.2 Å². The molecule has 8 heteroatoms. The Morgan fingerprint density at radius 3 is 2.71 bits per heavy atom. The lowest BCUT2D eigenvalue weighted by atomic mass is 10.1. The third-order valence-electron chi connectivity index (χ3n) is 5.73. The summed E-state index contributed by atoms with van der Waals surface area (Å²) in [6.07, 6.45) is 0.756. The van der Waals surface area contributed by atoms with Gasteiger partial charge >= 0.3 is 5.97 Å². The molecule has 0 amide bonds. The van der Waals surface area contributed by atoms with Crippen LogP contribution in [-0.4, -0.2) is 24.2 Å². The number of esters is 1. The number of thiophene rings is 1. The summed E-state index contributed by atoms with van der Waals surface area (Å²) >= 11 is 1.70. The molecule has 0 saturated heterocycles. The van der Waals surface area contributed by atoms with Crippen LogP contribution in [0.4, 0.5) is 0 Å². The quantitative estimate of drug-likeness (QED) is 0.299. The van der Waals surface area contributed by atoms with E-state index >= 15 is 0 Å². The fourth-order valence-electron chi connectivity index (χ4n) is 4.00. The monoisotopic (exact) mass is 491 g/mol. The van der Waals surface area contributed by atoms with E-state index in [1.165, 1.54) is 4.88 Å². The maximum Gasteiger partial charge on any atom is 0.338 e. The highest BCUT2D eigenvalue weighted by molar-refractivity contribution is 7.09. The molecule has 0 aliphatic carbocycles. The van der Waals surface area contributed by atoms with E-state index in [1.54, 1.807) is 48.6 Å². The van der Waals surface area contributed by atoms with Gasteiger partial charge in [-0.2, -0.15) is 0 Å². The number of benzene rings is 2. The van der Waals surface area contributed by atoms with E-state index in [4.69, 9.17) is 18.6 Å². The molecule has 0 bridgehead atoms. The van der Waals surface area contributed by atoms with Crippen LogP contribution in [0.2, 0.25) is 0 Å². The van der Waals surface area contributed by atoms with Gasteiger partial charge in [-0.25, -0.2) is 4.79 Å². The van der Waals surface area contributed by atoms with Gasteiger partial charge < -0.3 is 18.6 Å². The molecule has 0 fully saturated rings. The van der Waals surface area contributed by atoms with Crippen LogP contribution in [0.3, 0.4) is 0 Å². The lowest BCUT2D eigenvalue weighted by molar-refractivity contribution is 0.0505. The van der Waals surface area contributed by atoms with Gasteiger partial charge in [-0.05, 0) is 61.2 Å². The summed E-state index contributed by atoms with van der Waals surface area (Å²) in [6, 6.07) is 14.1. The predicted molar refractivity (Wildman–Crippen MR) is 133 cm³/mol. The molecule has 2 aromatic heterocycles. The van der Waals surface area contributed by atoms with Crippen molar-refractivity contribution in [2.24, 2.45) is 0 Å². The molecule has 3 heterocycles. The van der Waals surface area contributed by atoms with E-state index in [-0.39, 0.29) is 17.1 Å². The van der Waals surface area contributed by atoms with Gasteiger partial charge in [0.05, 0.1) is 23.1 Å². The number of fused-ring (bicyclic) bond motifs is 3. The van der Waals surface area contributed by atoms with Crippen molar-refractivity contribution in [1.29, 1.82) is 0 Å². The minimum atomic E-state index is -0.389. The van der Waals surface area contributed by atoms with Crippen molar-refractivity contribution in [1.82, 2.24) is 4.90 Å². The van der Waals surface area contributed by atoms with Crippen molar-refractivity contribution in [3.05, 3.63) is 85.9 Å². The number of carbonyl (C=O) groups is 1. The molecule has 2 aromatic carbocycles. The van der Waals surface area contributed by atoms with Crippen molar-refractivity contribution < 1.29 is 23.4 Å². The van der Waals surface area contributed by atoms with Crippen LogP contribution in [0, 0.1) is 6.92 Å². The fraction of sp³-hybridized carbons (Fsp3) is 0.259. The molecule has 0 N–H and O–H groups in total. The third kappa shape index (κ3) is 4.80. The number of ether oxygens (including phenoxy) is 3. The van der Waals surface area contributed by atoms with Gasteiger partial charge in [0.15, 0.2) is 0 Å². The number of rotatable bonds is 7. The van der Waals surface area contributed by atoms with Crippen molar-refractivity contribution in [2.75, 3.05) is 13.3 Å². The zero-order valence-electron chi connectivity index (χ0n) is 19.5. The van der Waals surface area contributed by atoms with E-state index in [9.17, 15) is 9.59 Å². The standard InChI is InChI=1S/C27H25NO6S/c1-3-12-31-27(30)18-6-8-19(9-7-18)34-25-17(2)33-26-21(24(25)29)10-11-23-22(26)15-28(16-32-23)14-20-5-4-13-35-20/h4-11,13H,3,12,14-16H2,1-2H3. The first-order valence-corrected chi connectivity index (χ1v) is 12.3. The summed E-state index contributed by atoms with van der Waals surface area (Å²) in [5.74, 6) is 1.25. The Hall–Kier alpha value is -3.62. The van der Waals surface area contributed by atoms with E-state index in [0.717, 1.165) is 24.3 Å². The minimum absolute atomic E-state index is 0.117. The zero-order valence-corrected chi connectivity index (χ0v) is 20.4. The van der Waals surface area contributed by atoms with Crippen LogP contribution in [-0.2, 0) is 17.8 Å². The third-order valence-corrected chi connectivity index (χ3v) is 6.60. The van der Waals surface area contributed by atoms with Gasteiger partial charge in [0, 0.05) is 18.0 Å². The molecule has 0 unspecified atom stereocenters. The largest absolute Gasteiger partial charge is 0.478 e. The molecule has 0 saturated carbocycles. The maximum atomic E-state index is 13.4. The second-order valence-electron chi connectivity index (χ2n) is 8.34. The van der Waals surface area contributed by atoms with Gasteiger partial charge in [0.2, 0.25) is 11.2 Å². The van der Waals surface area contributed by atoms with Crippen LogP contribution in [0.15, 0.2) is 63.1 Å².